The number of fused-ring (bicyclic) bond motifs is 1. The second-order valence-electron chi connectivity index (χ2n) is 8.76. The number of rotatable bonds is 6. The summed E-state index contributed by atoms with van der Waals surface area (Å²) in [5.41, 5.74) is 0.577. The molecule has 0 radical (unpaired) electrons. The summed E-state index contributed by atoms with van der Waals surface area (Å²) in [6.45, 7) is 5.74. The highest BCUT2D eigenvalue weighted by Crippen LogP contribution is 2.23. The van der Waals surface area contributed by atoms with Gasteiger partial charge in [-0.15, -0.1) is 0 Å². The molecule has 2 aromatic carbocycles. The second-order valence-corrected chi connectivity index (χ2v) is 8.76. The van der Waals surface area contributed by atoms with E-state index in [9.17, 15) is 14.4 Å². The molecule has 1 amide bonds. The van der Waals surface area contributed by atoms with E-state index in [1.165, 1.54) is 0 Å². The molecule has 34 heavy (non-hydrogen) atoms. The average molecular weight is 464 g/mol. The molecule has 1 saturated heterocycles. The third-order valence-electron chi connectivity index (χ3n) is 6.23. The molecule has 8 heteroatoms. The number of hydrogen-bond donors (Lipinski definition) is 1. The lowest BCUT2D eigenvalue weighted by Gasteiger charge is -2.38. The number of amides is 1. The first-order valence-electron chi connectivity index (χ1n) is 11.6. The predicted molar refractivity (Wildman–Crippen MR) is 128 cm³/mol. The first-order chi connectivity index (χ1) is 16.3. The smallest absolute Gasteiger partial charge is 0.338 e. The van der Waals surface area contributed by atoms with Crippen molar-refractivity contribution in [3.63, 3.8) is 0 Å². The SMILES string of the molecule is CC(OC(=O)c1ccc(OCC(=O)N2C(C)CCCC2C)cc1)c1nc2ccccc2c(=O)[nH]1. The fourth-order valence-corrected chi connectivity index (χ4v) is 4.40. The maximum Gasteiger partial charge on any atom is 0.338 e. The van der Waals surface area contributed by atoms with Crippen LogP contribution in [-0.2, 0) is 9.53 Å². The number of carbonyl (C=O) groups excluding carboxylic acids is 2. The molecule has 0 spiro atoms. The summed E-state index contributed by atoms with van der Waals surface area (Å²) in [4.78, 5) is 46.5. The summed E-state index contributed by atoms with van der Waals surface area (Å²) < 4.78 is 11.2. The van der Waals surface area contributed by atoms with Crippen LogP contribution in [-0.4, -0.2) is 45.4 Å². The molecule has 0 saturated carbocycles. The van der Waals surface area contributed by atoms with Crippen molar-refractivity contribution in [3.8, 4) is 5.75 Å². The van der Waals surface area contributed by atoms with Crippen LogP contribution in [0.25, 0.3) is 10.9 Å². The van der Waals surface area contributed by atoms with Crippen LogP contribution in [0.4, 0.5) is 0 Å². The van der Waals surface area contributed by atoms with E-state index in [0.29, 0.717) is 22.2 Å². The highest BCUT2D eigenvalue weighted by atomic mass is 16.5. The number of aromatic nitrogens is 2. The van der Waals surface area contributed by atoms with E-state index in [-0.39, 0.29) is 36.0 Å². The molecule has 0 aliphatic carbocycles. The van der Waals surface area contributed by atoms with Crippen LogP contribution < -0.4 is 10.3 Å². The number of para-hydroxylation sites is 1. The van der Waals surface area contributed by atoms with Gasteiger partial charge in [-0.1, -0.05) is 12.1 Å². The number of carbonyl (C=O) groups is 2. The Hall–Kier alpha value is -3.68. The lowest BCUT2D eigenvalue weighted by Crippen LogP contribution is -2.49. The average Bonchev–Trinajstić information content (AvgIpc) is 2.83. The Balaban J connectivity index is 1.36. The van der Waals surface area contributed by atoms with Gasteiger partial charge in [-0.2, -0.15) is 0 Å². The number of aromatic amines is 1. The highest BCUT2D eigenvalue weighted by Gasteiger charge is 2.29. The van der Waals surface area contributed by atoms with E-state index in [4.69, 9.17) is 9.47 Å². The van der Waals surface area contributed by atoms with Crippen molar-refractivity contribution in [2.24, 2.45) is 0 Å². The molecule has 1 N–H and O–H groups in total. The van der Waals surface area contributed by atoms with Gasteiger partial charge in [0.2, 0.25) is 0 Å². The first kappa shape index (κ1) is 23.5. The zero-order valence-corrected chi connectivity index (χ0v) is 19.6. The molecule has 3 atom stereocenters. The summed E-state index contributed by atoms with van der Waals surface area (Å²) in [7, 11) is 0. The van der Waals surface area contributed by atoms with Crippen LogP contribution in [0.2, 0.25) is 0 Å². The Morgan fingerprint density at radius 1 is 1.09 bits per heavy atom. The van der Waals surface area contributed by atoms with Crippen molar-refractivity contribution in [1.82, 2.24) is 14.9 Å². The summed E-state index contributed by atoms with van der Waals surface area (Å²) in [6.07, 6.45) is 2.41. The van der Waals surface area contributed by atoms with Crippen molar-refractivity contribution in [1.29, 1.82) is 0 Å². The molecule has 0 bridgehead atoms. The van der Waals surface area contributed by atoms with E-state index in [2.05, 4.69) is 23.8 Å². The summed E-state index contributed by atoms with van der Waals surface area (Å²) in [5.74, 6) is 0.184. The predicted octanol–water partition coefficient (Wildman–Crippen LogP) is 4.01. The fraction of sp³-hybridized carbons (Fsp3) is 0.385. The quantitative estimate of drug-likeness (QED) is 0.554. The van der Waals surface area contributed by atoms with Crippen molar-refractivity contribution in [2.75, 3.05) is 6.61 Å². The Bertz CT molecular complexity index is 1230. The van der Waals surface area contributed by atoms with Crippen molar-refractivity contribution in [2.45, 2.75) is 58.2 Å². The van der Waals surface area contributed by atoms with Gasteiger partial charge in [0.1, 0.15) is 5.75 Å². The third-order valence-corrected chi connectivity index (χ3v) is 6.23. The highest BCUT2D eigenvalue weighted by molar-refractivity contribution is 5.89. The van der Waals surface area contributed by atoms with E-state index in [0.717, 1.165) is 19.3 Å². The molecule has 1 aliphatic heterocycles. The van der Waals surface area contributed by atoms with E-state index < -0.39 is 12.1 Å². The number of ether oxygens (including phenoxy) is 2. The first-order valence-corrected chi connectivity index (χ1v) is 11.6. The fourth-order valence-electron chi connectivity index (χ4n) is 4.40. The summed E-state index contributed by atoms with van der Waals surface area (Å²) in [5, 5.41) is 0.475. The van der Waals surface area contributed by atoms with Gasteiger partial charge in [-0.05, 0) is 76.4 Å². The number of piperidine rings is 1. The molecule has 3 unspecified atom stereocenters. The monoisotopic (exact) mass is 463 g/mol. The number of hydrogen-bond acceptors (Lipinski definition) is 6. The minimum atomic E-state index is -0.744. The van der Waals surface area contributed by atoms with Crippen molar-refractivity contribution < 1.29 is 19.1 Å². The molecule has 1 aromatic heterocycles. The molecule has 1 fully saturated rings. The van der Waals surface area contributed by atoms with Crippen LogP contribution in [0.1, 0.15) is 62.3 Å². The van der Waals surface area contributed by atoms with E-state index in [1.54, 1.807) is 55.5 Å². The molecular formula is C26H29N3O5. The van der Waals surface area contributed by atoms with Crippen LogP contribution >= 0.6 is 0 Å². The Morgan fingerprint density at radius 3 is 2.47 bits per heavy atom. The standard InChI is InChI=1S/C26H29N3O5/c1-16-7-6-8-17(2)29(16)23(30)15-33-20-13-11-19(12-14-20)26(32)34-18(3)24-27-22-10-5-4-9-21(22)25(31)28-24/h4-5,9-14,16-18H,6-8,15H2,1-3H3,(H,27,28,31). The van der Waals surface area contributed by atoms with Gasteiger partial charge in [-0.25, -0.2) is 9.78 Å². The minimum absolute atomic E-state index is 0.0334. The number of benzene rings is 2. The zero-order chi connectivity index (χ0) is 24.2. The third kappa shape index (κ3) is 5.11. The van der Waals surface area contributed by atoms with Gasteiger partial charge in [0.25, 0.3) is 11.5 Å². The van der Waals surface area contributed by atoms with Gasteiger partial charge in [0.05, 0.1) is 16.5 Å². The van der Waals surface area contributed by atoms with Gasteiger partial charge >= 0.3 is 5.97 Å². The molecule has 4 rings (SSSR count). The van der Waals surface area contributed by atoms with Crippen LogP contribution in [0.15, 0.2) is 53.3 Å². The van der Waals surface area contributed by atoms with Crippen molar-refractivity contribution >= 4 is 22.8 Å². The number of esters is 1. The normalized spacial score (nSPS) is 19.0. The summed E-state index contributed by atoms with van der Waals surface area (Å²) in [6, 6.07) is 13.8. The van der Waals surface area contributed by atoms with Gasteiger partial charge in [0.15, 0.2) is 18.5 Å². The lowest BCUT2D eigenvalue weighted by atomic mass is 9.97. The zero-order valence-electron chi connectivity index (χ0n) is 19.6. The summed E-state index contributed by atoms with van der Waals surface area (Å²) >= 11 is 0. The Kier molecular flexibility index (Phi) is 6.95. The van der Waals surface area contributed by atoms with Gasteiger partial charge in [0, 0.05) is 12.1 Å². The maximum atomic E-state index is 12.6. The van der Waals surface area contributed by atoms with Crippen LogP contribution in [0.3, 0.4) is 0 Å². The molecule has 8 nitrogen and oxygen atoms in total. The molecule has 178 valence electrons. The molecule has 1 aliphatic rings. The molecular weight excluding hydrogens is 434 g/mol. The largest absolute Gasteiger partial charge is 0.484 e. The second kappa shape index (κ2) is 10.1. The number of H-pyrrole nitrogens is 1. The molecule has 3 aromatic rings. The van der Waals surface area contributed by atoms with E-state index in [1.807, 2.05) is 4.90 Å². The lowest BCUT2D eigenvalue weighted by molar-refractivity contribution is -0.139. The van der Waals surface area contributed by atoms with Gasteiger partial charge in [-0.3, -0.25) is 9.59 Å². The number of likely N-dealkylation sites (tertiary alicyclic amines) is 1. The molecule has 2 heterocycles. The number of nitrogens with one attached hydrogen (secondary N) is 1. The Morgan fingerprint density at radius 2 is 1.76 bits per heavy atom. The van der Waals surface area contributed by atoms with Crippen LogP contribution in [0, 0.1) is 0 Å². The minimum Gasteiger partial charge on any atom is -0.484 e. The topological polar surface area (TPSA) is 102 Å². The van der Waals surface area contributed by atoms with Crippen LogP contribution in [0.5, 0.6) is 5.75 Å². The van der Waals surface area contributed by atoms with Gasteiger partial charge < -0.3 is 19.4 Å². The Labute approximate surface area is 197 Å². The number of nitrogens with zero attached hydrogens (tertiary/aromatic N) is 2. The van der Waals surface area contributed by atoms with E-state index >= 15 is 0 Å². The maximum absolute atomic E-state index is 12.6. The van der Waals surface area contributed by atoms with Crippen molar-refractivity contribution in [3.05, 3.63) is 70.3 Å².